The number of sulfonamides is 1. The fourth-order valence-corrected chi connectivity index (χ4v) is 3.19. The maximum atomic E-state index is 11.8. The summed E-state index contributed by atoms with van der Waals surface area (Å²) in [6.45, 7) is 1.75. The Morgan fingerprint density at radius 3 is 2.80 bits per heavy atom. The maximum absolute atomic E-state index is 11.8. The molecule has 1 heterocycles. The van der Waals surface area contributed by atoms with Gasteiger partial charge in [0.25, 0.3) is 10.0 Å². The minimum absolute atomic E-state index is 0.0295. The van der Waals surface area contributed by atoms with E-state index < -0.39 is 10.0 Å². The number of aromatic nitrogens is 2. The lowest BCUT2D eigenvalue weighted by molar-refractivity contribution is 0.576. The molecule has 0 aliphatic heterocycles. The monoisotopic (exact) mass is 249 g/mol. The predicted octanol–water partition coefficient (Wildman–Crippen LogP) is 0.898. The fourth-order valence-electron chi connectivity index (χ4n) is 1.29. The molecule has 0 atom stereocenters. The van der Waals surface area contributed by atoms with Crippen LogP contribution < -0.4 is 4.72 Å². The van der Waals surface area contributed by atoms with Crippen molar-refractivity contribution in [2.75, 3.05) is 0 Å². The van der Waals surface area contributed by atoms with E-state index in [0.717, 1.165) is 12.8 Å². The van der Waals surface area contributed by atoms with Crippen LogP contribution in [0, 0.1) is 6.92 Å². The molecule has 0 amide bonds. The Kier molecular flexibility index (Phi) is 2.74. The van der Waals surface area contributed by atoms with Gasteiger partial charge in [-0.1, -0.05) is 0 Å². The normalized spacial score (nSPS) is 16.9. The second kappa shape index (κ2) is 3.77. The molecular formula is C8H12ClN3O2S. The molecule has 5 nitrogen and oxygen atoms in total. The van der Waals surface area contributed by atoms with Gasteiger partial charge in [-0.05, 0) is 19.8 Å². The second-order valence-corrected chi connectivity index (χ2v) is 5.56. The van der Waals surface area contributed by atoms with Gasteiger partial charge in [-0.3, -0.25) is 5.10 Å². The molecule has 7 heteroatoms. The molecular weight excluding hydrogens is 238 g/mol. The lowest BCUT2D eigenvalue weighted by atomic mass is 10.3. The van der Waals surface area contributed by atoms with Crippen LogP contribution in [-0.4, -0.2) is 24.7 Å². The number of halogens is 1. The summed E-state index contributed by atoms with van der Waals surface area (Å²) >= 11 is 5.68. The van der Waals surface area contributed by atoms with E-state index in [1.54, 1.807) is 6.92 Å². The summed E-state index contributed by atoms with van der Waals surface area (Å²) in [5, 5.41) is 6.44. The average molecular weight is 250 g/mol. The van der Waals surface area contributed by atoms with Gasteiger partial charge in [0, 0.05) is 17.3 Å². The van der Waals surface area contributed by atoms with Crippen LogP contribution in [0.1, 0.15) is 24.1 Å². The van der Waals surface area contributed by atoms with Crippen LogP contribution in [-0.2, 0) is 15.9 Å². The van der Waals surface area contributed by atoms with E-state index in [1.165, 1.54) is 0 Å². The first-order chi connectivity index (χ1) is 7.04. The Hall–Kier alpha value is -0.590. The van der Waals surface area contributed by atoms with Crippen molar-refractivity contribution in [1.82, 2.24) is 14.9 Å². The van der Waals surface area contributed by atoms with Crippen molar-refractivity contribution in [2.45, 2.75) is 36.7 Å². The molecule has 2 N–H and O–H groups in total. The van der Waals surface area contributed by atoms with Gasteiger partial charge in [0.05, 0.1) is 5.88 Å². The topological polar surface area (TPSA) is 74.8 Å². The number of aryl methyl sites for hydroxylation is 1. The van der Waals surface area contributed by atoms with Gasteiger partial charge in [-0.25, -0.2) is 13.1 Å². The van der Waals surface area contributed by atoms with Crippen LogP contribution in [0.4, 0.5) is 0 Å². The zero-order valence-corrected chi connectivity index (χ0v) is 9.82. The number of nitrogens with one attached hydrogen (secondary N) is 2. The van der Waals surface area contributed by atoms with Crippen LogP contribution in [0.15, 0.2) is 5.03 Å². The summed E-state index contributed by atoms with van der Waals surface area (Å²) in [6.07, 6.45) is 1.80. The van der Waals surface area contributed by atoms with Gasteiger partial charge in [0.15, 0.2) is 5.03 Å². The van der Waals surface area contributed by atoms with Crippen molar-refractivity contribution in [3.05, 3.63) is 11.3 Å². The molecule has 84 valence electrons. The summed E-state index contributed by atoms with van der Waals surface area (Å²) in [7, 11) is -3.50. The van der Waals surface area contributed by atoms with Crippen molar-refractivity contribution >= 4 is 21.6 Å². The molecule has 0 bridgehead atoms. The number of alkyl halides is 1. The smallest absolute Gasteiger partial charge is 0.260 e. The third kappa shape index (κ3) is 2.16. The standard InChI is InChI=1S/C8H12ClN3O2S/c1-5-7(4-9)8(11-10-5)15(13,14)12-6-2-3-6/h6,12H,2-4H2,1H3,(H,10,11). The maximum Gasteiger partial charge on any atom is 0.260 e. The molecule has 0 aromatic carbocycles. The van der Waals surface area contributed by atoms with Crippen LogP contribution in [0.3, 0.4) is 0 Å². The lowest BCUT2D eigenvalue weighted by Crippen LogP contribution is -2.26. The molecule has 1 aliphatic rings. The molecule has 15 heavy (non-hydrogen) atoms. The van der Waals surface area contributed by atoms with Crippen molar-refractivity contribution in [1.29, 1.82) is 0 Å². The van der Waals surface area contributed by atoms with Crippen molar-refractivity contribution < 1.29 is 8.42 Å². The van der Waals surface area contributed by atoms with E-state index in [4.69, 9.17) is 11.6 Å². The van der Waals surface area contributed by atoms with Crippen molar-refractivity contribution in [3.8, 4) is 0 Å². The summed E-state index contributed by atoms with van der Waals surface area (Å²) in [5.41, 5.74) is 1.24. The molecule has 0 unspecified atom stereocenters. The predicted molar refractivity (Wildman–Crippen MR) is 56.2 cm³/mol. The quantitative estimate of drug-likeness (QED) is 0.779. The summed E-state index contributed by atoms with van der Waals surface area (Å²) < 4.78 is 26.2. The van der Waals surface area contributed by atoms with Crippen LogP contribution >= 0.6 is 11.6 Å². The third-order valence-electron chi connectivity index (χ3n) is 2.32. The zero-order chi connectivity index (χ0) is 11.1. The summed E-state index contributed by atoms with van der Waals surface area (Å²) in [6, 6.07) is 0.0789. The molecule has 2 rings (SSSR count). The number of nitrogens with zero attached hydrogens (tertiary/aromatic N) is 1. The number of aromatic amines is 1. The highest BCUT2D eigenvalue weighted by molar-refractivity contribution is 7.89. The van der Waals surface area contributed by atoms with E-state index in [0.29, 0.717) is 11.3 Å². The van der Waals surface area contributed by atoms with E-state index in [9.17, 15) is 8.42 Å². The molecule has 1 aromatic rings. The number of rotatable bonds is 4. The van der Waals surface area contributed by atoms with Crippen LogP contribution in [0.2, 0.25) is 0 Å². The molecule has 0 radical (unpaired) electrons. The minimum Gasteiger partial charge on any atom is -0.281 e. The van der Waals surface area contributed by atoms with Gasteiger partial charge in [-0.2, -0.15) is 5.10 Å². The fraction of sp³-hybridized carbons (Fsp3) is 0.625. The molecule has 0 spiro atoms. The molecule has 1 aromatic heterocycles. The average Bonchev–Trinajstić information content (AvgIpc) is 2.85. The van der Waals surface area contributed by atoms with Crippen molar-refractivity contribution in [2.24, 2.45) is 0 Å². The summed E-state index contributed by atoms with van der Waals surface area (Å²) in [5.74, 6) is 0.142. The van der Waals surface area contributed by atoms with Gasteiger partial charge in [-0.15, -0.1) is 11.6 Å². The second-order valence-electron chi connectivity index (χ2n) is 3.66. The number of hydrogen-bond acceptors (Lipinski definition) is 3. The first-order valence-electron chi connectivity index (χ1n) is 4.66. The number of H-pyrrole nitrogens is 1. The van der Waals surface area contributed by atoms with Gasteiger partial charge < -0.3 is 0 Å². The Morgan fingerprint density at radius 1 is 1.60 bits per heavy atom. The minimum atomic E-state index is -3.50. The van der Waals surface area contributed by atoms with Crippen molar-refractivity contribution in [3.63, 3.8) is 0 Å². The first kappa shape index (κ1) is 10.9. The molecule has 1 aliphatic carbocycles. The van der Waals surface area contributed by atoms with E-state index >= 15 is 0 Å². The Morgan fingerprint density at radius 2 is 2.27 bits per heavy atom. The summed E-state index contributed by atoms with van der Waals surface area (Å²) in [4.78, 5) is 0. The van der Waals surface area contributed by atoms with E-state index in [-0.39, 0.29) is 16.9 Å². The van der Waals surface area contributed by atoms with E-state index in [2.05, 4.69) is 14.9 Å². The molecule has 1 saturated carbocycles. The number of hydrogen-bond donors (Lipinski definition) is 2. The van der Waals surface area contributed by atoms with Gasteiger partial charge in [0.1, 0.15) is 0 Å². The van der Waals surface area contributed by atoms with Crippen LogP contribution in [0.25, 0.3) is 0 Å². The zero-order valence-electron chi connectivity index (χ0n) is 8.25. The SMILES string of the molecule is Cc1[nH]nc(S(=O)(=O)NC2CC2)c1CCl. The van der Waals surface area contributed by atoms with Crippen LogP contribution in [0.5, 0.6) is 0 Å². The van der Waals surface area contributed by atoms with Gasteiger partial charge in [0.2, 0.25) is 0 Å². The lowest BCUT2D eigenvalue weighted by Gasteiger charge is -2.03. The third-order valence-corrected chi connectivity index (χ3v) is 4.08. The highest BCUT2D eigenvalue weighted by atomic mass is 35.5. The largest absolute Gasteiger partial charge is 0.281 e. The Balaban J connectivity index is 2.34. The highest BCUT2D eigenvalue weighted by Gasteiger charge is 2.31. The highest BCUT2D eigenvalue weighted by Crippen LogP contribution is 2.24. The van der Waals surface area contributed by atoms with Gasteiger partial charge >= 0.3 is 0 Å². The first-order valence-corrected chi connectivity index (χ1v) is 6.68. The molecule has 1 fully saturated rings. The Labute approximate surface area is 93.3 Å². The van der Waals surface area contributed by atoms with E-state index in [1.807, 2.05) is 0 Å². The molecule has 0 saturated heterocycles. The Bertz CT molecular complexity index is 464.